The van der Waals surface area contributed by atoms with E-state index in [0.717, 1.165) is 31.6 Å². The van der Waals surface area contributed by atoms with Crippen molar-refractivity contribution in [1.82, 2.24) is 0 Å². The SMILES string of the molecule is Cc1ccc(NCc2cc(Br)c(Br)s2)c(C)c1O. The number of thiophene rings is 1. The maximum atomic E-state index is 9.88. The van der Waals surface area contributed by atoms with E-state index < -0.39 is 0 Å². The molecule has 0 fully saturated rings. The molecule has 2 rings (SSSR count). The Balaban J connectivity index is 2.13. The van der Waals surface area contributed by atoms with Crippen LogP contribution in [0.4, 0.5) is 5.69 Å². The van der Waals surface area contributed by atoms with Crippen LogP contribution in [-0.4, -0.2) is 5.11 Å². The van der Waals surface area contributed by atoms with Crippen LogP contribution in [0.5, 0.6) is 5.75 Å². The molecule has 1 aromatic carbocycles. The second kappa shape index (κ2) is 5.63. The third-order valence-corrected chi connectivity index (χ3v) is 6.04. The number of benzene rings is 1. The third-order valence-electron chi connectivity index (χ3n) is 2.78. The summed E-state index contributed by atoms with van der Waals surface area (Å²) >= 11 is 8.65. The summed E-state index contributed by atoms with van der Waals surface area (Å²) in [5.41, 5.74) is 2.77. The predicted octanol–water partition coefficient (Wildman–Crippen LogP) is 5.21. The summed E-state index contributed by atoms with van der Waals surface area (Å²) in [5.74, 6) is 0.369. The molecule has 2 aromatic rings. The first-order chi connectivity index (χ1) is 8.49. The van der Waals surface area contributed by atoms with Gasteiger partial charge in [0, 0.05) is 27.1 Å². The summed E-state index contributed by atoms with van der Waals surface area (Å²) in [6.45, 7) is 4.57. The molecule has 0 amide bonds. The normalized spacial score (nSPS) is 10.7. The first-order valence-electron chi connectivity index (χ1n) is 5.45. The van der Waals surface area contributed by atoms with Crippen molar-refractivity contribution in [1.29, 1.82) is 0 Å². The van der Waals surface area contributed by atoms with Crippen molar-refractivity contribution in [2.24, 2.45) is 0 Å². The van der Waals surface area contributed by atoms with Gasteiger partial charge >= 0.3 is 0 Å². The lowest BCUT2D eigenvalue weighted by Gasteiger charge is -2.11. The quantitative estimate of drug-likeness (QED) is 0.753. The highest BCUT2D eigenvalue weighted by Crippen LogP contribution is 2.33. The zero-order valence-corrected chi connectivity index (χ0v) is 14.0. The maximum absolute atomic E-state index is 9.88. The molecule has 1 heterocycles. The summed E-state index contributed by atoms with van der Waals surface area (Å²) in [6, 6.07) is 6.01. The predicted molar refractivity (Wildman–Crippen MR) is 84.6 cm³/mol. The number of anilines is 1. The van der Waals surface area contributed by atoms with Gasteiger partial charge in [-0.25, -0.2) is 0 Å². The highest BCUT2D eigenvalue weighted by molar-refractivity contribution is 9.13. The lowest BCUT2D eigenvalue weighted by molar-refractivity contribution is 0.467. The zero-order chi connectivity index (χ0) is 13.3. The molecular formula is C13H13Br2NOS. The van der Waals surface area contributed by atoms with E-state index in [-0.39, 0.29) is 0 Å². The Kier molecular flexibility index (Phi) is 4.35. The molecule has 1 aromatic heterocycles. The molecule has 0 unspecified atom stereocenters. The van der Waals surface area contributed by atoms with E-state index in [9.17, 15) is 5.11 Å². The Bertz CT molecular complexity index is 561. The lowest BCUT2D eigenvalue weighted by Crippen LogP contribution is -1.99. The van der Waals surface area contributed by atoms with Crippen molar-refractivity contribution in [3.05, 3.63) is 42.5 Å². The van der Waals surface area contributed by atoms with Crippen molar-refractivity contribution in [3.63, 3.8) is 0 Å². The molecule has 2 nitrogen and oxygen atoms in total. The van der Waals surface area contributed by atoms with Gasteiger partial charge in [0.25, 0.3) is 0 Å². The van der Waals surface area contributed by atoms with Crippen LogP contribution in [0.3, 0.4) is 0 Å². The Morgan fingerprint density at radius 2 is 2.00 bits per heavy atom. The molecule has 0 spiro atoms. The molecule has 0 aliphatic carbocycles. The van der Waals surface area contributed by atoms with Gasteiger partial charge in [0.1, 0.15) is 5.75 Å². The van der Waals surface area contributed by atoms with Crippen LogP contribution in [0.15, 0.2) is 26.5 Å². The maximum Gasteiger partial charge on any atom is 0.123 e. The van der Waals surface area contributed by atoms with Crippen molar-refractivity contribution >= 4 is 48.9 Å². The summed E-state index contributed by atoms with van der Waals surface area (Å²) in [6.07, 6.45) is 0. The van der Waals surface area contributed by atoms with Crippen molar-refractivity contribution in [2.75, 3.05) is 5.32 Å². The van der Waals surface area contributed by atoms with Crippen LogP contribution in [0, 0.1) is 13.8 Å². The van der Waals surface area contributed by atoms with Gasteiger partial charge in [-0.15, -0.1) is 11.3 Å². The molecule has 0 atom stereocenters. The number of halogens is 2. The number of rotatable bonds is 3. The highest BCUT2D eigenvalue weighted by Gasteiger charge is 2.07. The van der Waals surface area contributed by atoms with Crippen molar-refractivity contribution in [2.45, 2.75) is 20.4 Å². The van der Waals surface area contributed by atoms with E-state index in [1.165, 1.54) is 4.88 Å². The van der Waals surface area contributed by atoms with Crippen LogP contribution in [-0.2, 0) is 6.54 Å². The molecular weight excluding hydrogens is 378 g/mol. The molecule has 0 radical (unpaired) electrons. The van der Waals surface area contributed by atoms with Gasteiger partial charge in [-0.1, -0.05) is 6.07 Å². The van der Waals surface area contributed by atoms with E-state index >= 15 is 0 Å². The summed E-state index contributed by atoms with van der Waals surface area (Å²) in [4.78, 5) is 1.23. The number of hydrogen-bond donors (Lipinski definition) is 2. The largest absolute Gasteiger partial charge is 0.507 e. The molecule has 0 saturated carbocycles. The molecule has 2 N–H and O–H groups in total. The number of aryl methyl sites for hydroxylation is 1. The fourth-order valence-corrected chi connectivity index (χ4v) is 3.80. The van der Waals surface area contributed by atoms with Gasteiger partial charge in [0.05, 0.1) is 3.79 Å². The number of phenolic OH excluding ortho intramolecular Hbond substituents is 1. The average Bonchev–Trinajstić information content (AvgIpc) is 2.65. The lowest BCUT2D eigenvalue weighted by atomic mass is 10.1. The van der Waals surface area contributed by atoms with Crippen LogP contribution < -0.4 is 5.32 Å². The van der Waals surface area contributed by atoms with Crippen LogP contribution in [0.25, 0.3) is 0 Å². The number of aromatic hydroxyl groups is 1. The average molecular weight is 391 g/mol. The van der Waals surface area contributed by atoms with Crippen molar-refractivity contribution < 1.29 is 5.11 Å². The van der Waals surface area contributed by atoms with Gasteiger partial charge in [-0.05, 0) is 63.4 Å². The van der Waals surface area contributed by atoms with Crippen molar-refractivity contribution in [3.8, 4) is 5.75 Å². The Morgan fingerprint density at radius 1 is 1.28 bits per heavy atom. The van der Waals surface area contributed by atoms with Gasteiger partial charge in [-0.2, -0.15) is 0 Å². The van der Waals surface area contributed by atoms with E-state index in [0.29, 0.717) is 5.75 Å². The topological polar surface area (TPSA) is 32.3 Å². The van der Waals surface area contributed by atoms with Crippen LogP contribution >= 0.6 is 43.2 Å². The summed E-state index contributed by atoms with van der Waals surface area (Å²) in [7, 11) is 0. The molecule has 0 aliphatic rings. The minimum atomic E-state index is 0.369. The highest BCUT2D eigenvalue weighted by atomic mass is 79.9. The summed E-state index contributed by atoms with van der Waals surface area (Å²) in [5, 5.41) is 13.2. The van der Waals surface area contributed by atoms with Crippen LogP contribution in [0.2, 0.25) is 0 Å². The minimum Gasteiger partial charge on any atom is -0.507 e. The molecule has 0 bridgehead atoms. The first kappa shape index (κ1) is 13.9. The molecule has 5 heteroatoms. The number of phenols is 1. The fraction of sp³-hybridized carbons (Fsp3) is 0.231. The molecule has 18 heavy (non-hydrogen) atoms. The Hall–Kier alpha value is -0.520. The van der Waals surface area contributed by atoms with E-state index in [1.807, 2.05) is 26.0 Å². The van der Waals surface area contributed by atoms with Gasteiger partial charge in [-0.3, -0.25) is 0 Å². The Morgan fingerprint density at radius 3 is 2.61 bits per heavy atom. The fourth-order valence-electron chi connectivity index (χ4n) is 1.69. The van der Waals surface area contributed by atoms with E-state index in [2.05, 4.69) is 43.2 Å². The van der Waals surface area contributed by atoms with Gasteiger partial charge in [0.2, 0.25) is 0 Å². The monoisotopic (exact) mass is 389 g/mol. The standard InChI is InChI=1S/C13H13Br2NOS/c1-7-3-4-11(8(2)12(7)17)16-6-9-5-10(14)13(15)18-9/h3-5,16-17H,6H2,1-2H3. The van der Waals surface area contributed by atoms with E-state index in [1.54, 1.807) is 11.3 Å². The first-order valence-corrected chi connectivity index (χ1v) is 7.86. The second-order valence-electron chi connectivity index (χ2n) is 4.09. The van der Waals surface area contributed by atoms with Gasteiger partial charge in [0.15, 0.2) is 0 Å². The van der Waals surface area contributed by atoms with Gasteiger partial charge < -0.3 is 10.4 Å². The minimum absolute atomic E-state index is 0.369. The second-order valence-corrected chi connectivity index (χ2v) is 7.40. The van der Waals surface area contributed by atoms with Crippen LogP contribution in [0.1, 0.15) is 16.0 Å². The molecule has 0 saturated heterocycles. The van der Waals surface area contributed by atoms with E-state index in [4.69, 9.17) is 0 Å². The zero-order valence-electron chi connectivity index (χ0n) is 10.1. The number of hydrogen-bond acceptors (Lipinski definition) is 3. The third kappa shape index (κ3) is 2.90. The number of nitrogens with one attached hydrogen (secondary N) is 1. The smallest absolute Gasteiger partial charge is 0.123 e. The Labute approximate surface area is 127 Å². The summed E-state index contributed by atoms with van der Waals surface area (Å²) < 4.78 is 2.18. The molecule has 96 valence electrons. The molecule has 0 aliphatic heterocycles.